The molecule has 0 aliphatic carbocycles. The van der Waals surface area contributed by atoms with E-state index < -0.39 is 23.5 Å². The van der Waals surface area contributed by atoms with Crippen LogP contribution < -0.4 is 5.32 Å². The van der Waals surface area contributed by atoms with Crippen molar-refractivity contribution in [3.8, 4) is 11.3 Å². The zero-order valence-electron chi connectivity index (χ0n) is 12.9. The van der Waals surface area contributed by atoms with Gasteiger partial charge in [0.2, 0.25) is 0 Å². The Balaban J connectivity index is 2.12. The van der Waals surface area contributed by atoms with E-state index in [4.69, 9.17) is 32.8 Å². The number of aliphatic hydroxyl groups is 1. The molecule has 1 aromatic heterocycles. The van der Waals surface area contributed by atoms with Crippen molar-refractivity contribution >= 4 is 29.1 Å². The number of carbonyl (C=O) groups excluding carboxylic acids is 1. The monoisotopic (exact) mass is 374 g/mol. The van der Waals surface area contributed by atoms with Crippen LogP contribution in [-0.4, -0.2) is 33.7 Å². The summed E-state index contributed by atoms with van der Waals surface area (Å²) >= 11 is 11.0. The first-order chi connectivity index (χ1) is 11.5. The number of hydrogen-bond donors (Lipinski definition) is 2. The number of rotatable bonds is 7. The van der Waals surface area contributed by atoms with Crippen molar-refractivity contribution in [1.82, 2.24) is 10.5 Å². The summed E-state index contributed by atoms with van der Waals surface area (Å²) in [5.41, 5.74) is 2.06. The van der Waals surface area contributed by atoms with E-state index in [9.17, 15) is 9.18 Å². The van der Waals surface area contributed by atoms with Crippen LogP contribution in [0, 0.1) is 0 Å². The molecule has 0 spiro atoms. The SMILES string of the molecule is C[C@H](c1ccc(-c2cc(CO)no2)cc1)[C@@H](CF)NC(=O)C(Cl)Cl. The lowest BCUT2D eigenvalue weighted by Gasteiger charge is -2.23. The van der Waals surface area contributed by atoms with Gasteiger partial charge in [0.05, 0.1) is 12.6 Å². The predicted octanol–water partition coefficient (Wildman–Crippen LogP) is 3.20. The fraction of sp³-hybridized carbons (Fsp3) is 0.375. The van der Waals surface area contributed by atoms with Crippen molar-refractivity contribution < 1.29 is 18.8 Å². The van der Waals surface area contributed by atoms with E-state index >= 15 is 0 Å². The molecule has 0 radical (unpaired) electrons. The van der Waals surface area contributed by atoms with Gasteiger partial charge in [-0.2, -0.15) is 0 Å². The smallest absolute Gasteiger partial charge is 0.253 e. The standard InChI is InChI=1S/C16H17Cl2FN2O3/c1-9(13(7-19)20-16(23)15(17)18)10-2-4-11(5-3-10)14-6-12(8-22)21-24-14/h2-6,9,13,15,22H,7-8H2,1H3,(H,20,23)/t9-,13-/m1/s1. The topological polar surface area (TPSA) is 75.4 Å². The first kappa shape index (κ1) is 18.7. The largest absolute Gasteiger partial charge is 0.390 e. The molecule has 0 saturated carbocycles. The summed E-state index contributed by atoms with van der Waals surface area (Å²) < 4.78 is 18.4. The van der Waals surface area contributed by atoms with Crippen LogP contribution in [0.3, 0.4) is 0 Å². The minimum Gasteiger partial charge on any atom is -0.390 e. The highest BCUT2D eigenvalue weighted by Gasteiger charge is 2.23. The zero-order chi connectivity index (χ0) is 17.7. The first-order valence-electron chi connectivity index (χ1n) is 7.27. The van der Waals surface area contributed by atoms with E-state index in [0.29, 0.717) is 11.5 Å². The van der Waals surface area contributed by atoms with Crippen molar-refractivity contribution in [2.75, 3.05) is 6.67 Å². The molecule has 0 saturated heterocycles. The summed E-state index contributed by atoms with van der Waals surface area (Å²) in [6, 6.07) is 8.15. The molecule has 0 aliphatic rings. The summed E-state index contributed by atoms with van der Waals surface area (Å²) in [6.45, 7) is 0.866. The number of hydrogen-bond acceptors (Lipinski definition) is 4. The maximum Gasteiger partial charge on any atom is 0.253 e. The second kappa shape index (κ2) is 8.46. The Labute approximate surface area is 148 Å². The summed E-state index contributed by atoms with van der Waals surface area (Å²) in [5, 5.41) is 15.2. The quantitative estimate of drug-likeness (QED) is 0.729. The number of benzene rings is 1. The maximum atomic E-state index is 13.3. The highest BCUT2D eigenvalue weighted by Crippen LogP contribution is 2.25. The summed E-state index contributed by atoms with van der Waals surface area (Å²) in [7, 11) is 0. The van der Waals surface area contributed by atoms with Crippen molar-refractivity contribution in [3.05, 3.63) is 41.6 Å². The number of halogens is 3. The van der Waals surface area contributed by atoms with Gasteiger partial charge >= 0.3 is 0 Å². The lowest BCUT2D eigenvalue weighted by Crippen LogP contribution is -2.42. The maximum absolute atomic E-state index is 13.3. The van der Waals surface area contributed by atoms with Gasteiger partial charge in [-0.15, -0.1) is 0 Å². The van der Waals surface area contributed by atoms with Crippen LogP contribution in [-0.2, 0) is 11.4 Å². The van der Waals surface area contributed by atoms with Crippen LogP contribution in [0.25, 0.3) is 11.3 Å². The Kier molecular flexibility index (Phi) is 6.60. The molecule has 8 heteroatoms. The van der Waals surface area contributed by atoms with Crippen molar-refractivity contribution in [1.29, 1.82) is 0 Å². The van der Waals surface area contributed by atoms with Crippen LogP contribution in [0.15, 0.2) is 34.9 Å². The number of nitrogens with zero attached hydrogens (tertiary/aromatic N) is 1. The average Bonchev–Trinajstić information content (AvgIpc) is 3.08. The molecular formula is C16H17Cl2FN2O3. The number of aromatic nitrogens is 1. The molecule has 130 valence electrons. The van der Waals surface area contributed by atoms with E-state index in [0.717, 1.165) is 11.1 Å². The van der Waals surface area contributed by atoms with Crippen LogP contribution in [0.2, 0.25) is 0 Å². The number of nitrogens with one attached hydrogen (secondary N) is 1. The van der Waals surface area contributed by atoms with Gasteiger partial charge in [-0.25, -0.2) is 4.39 Å². The second-order valence-corrected chi connectivity index (χ2v) is 6.42. The highest BCUT2D eigenvalue weighted by molar-refractivity contribution is 6.53. The number of alkyl halides is 3. The summed E-state index contributed by atoms with van der Waals surface area (Å²) in [5.74, 6) is -0.369. The summed E-state index contributed by atoms with van der Waals surface area (Å²) in [6.07, 6.45) is 0. The van der Waals surface area contributed by atoms with Crippen molar-refractivity contribution in [2.24, 2.45) is 0 Å². The molecule has 2 aromatic rings. The minimum atomic E-state index is -1.24. The lowest BCUT2D eigenvalue weighted by atomic mass is 9.93. The predicted molar refractivity (Wildman–Crippen MR) is 89.7 cm³/mol. The second-order valence-electron chi connectivity index (χ2n) is 5.32. The Hall–Kier alpha value is -1.63. The van der Waals surface area contributed by atoms with Gasteiger partial charge in [-0.3, -0.25) is 4.79 Å². The molecule has 2 N–H and O–H groups in total. The van der Waals surface area contributed by atoms with Gasteiger partial charge in [0, 0.05) is 17.5 Å². The van der Waals surface area contributed by atoms with Crippen molar-refractivity contribution in [3.63, 3.8) is 0 Å². The molecule has 2 atom stereocenters. The fourth-order valence-corrected chi connectivity index (χ4v) is 2.37. The Morgan fingerprint density at radius 2 is 2.04 bits per heavy atom. The molecule has 1 aromatic carbocycles. The van der Waals surface area contributed by atoms with Gasteiger partial charge in [-0.1, -0.05) is 59.5 Å². The molecule has 0 aliphatic heterocycles. The van der Waals surface area contributed by atoms with Gasteiger partial charge in [0.15, 0.2) is 10.6 Å². The number of carbonyl (C=O) groups is 1. The first-order valence-corrected chi connectivity index (χ1v) is 8.14. The molecule has 0 fully saturated rings. The number of amides is 1. The highest BCUT2D eigenvalue weighted by atomic mass is 35.5. The molecule has 1 heterocycles. The lowest BCUT2D eigenvalue weighted by molar-refractivity contribution is -0.120. The Morgan fingerprint density at radius 1 is 1.38 bits per heavy atom. The van der Waals surface area contributed by atoms with Crippen molar-refractivity contribution in [2.45, 2.75) is 30.3 Å². The van der Waals surface area contributed by atoms with E-state index in [1.54, 1.807) is 25.1 Å². The molecule has 1 amide bonds. The van der Waals surface area contributed by atoms with Gasteiger partial charge < -0.3 is 14.9 Å². The number of aliphatic hydroxyl groups excluding tert-OH is 1. The molecule has 5 nitrogen and oxygen atoms in total. The van der Waals surface area contributed by atoms with E-state index in [-0.39, 0.29) is 12.5 Å². The van der Waals surface area contributed by atoms with E-state index in [1.165, 1.54) is 0 Å². The molecule has 0 unspecified atom stereocenters. The Morgan fingerprint density at radius 3 is 2.54 bits per heavy atom. The van der Waals surface area contributed by atoms with Gasteiger partial charge in [-0.05, 0) is 5.56 Å². The van der Waals surface area contributed by atoms with Gasteiger partial charge in [0.1, 0.15) is 12.4 Å². The minimum absolute atomic E-state index is 0.196. The van der Waals surface area contributed by atoms with Crippen LogP contribution in [0.1, 0.15) is 24.1 Å². The fourth-order valence-electron chi connectivity index (χ4n) is 2.25. The normalized spacial score (nSPS) is 13.8. The van der Waals surface area contributed by atoms with E-state index in [2.05, 4.69) is 10.5 Å². The Bertz CT molecular complexity index is 676. The van der Waals surface area contributed by atoms with Crippen LogP contribution >= 0.6 is 23.2 Å². The van der Waals surface area contributed by atoms with E-state index in [1.807, 2.05) is 12.1 Å². The van der Waals surface area contributed by atoms with Crippen LogP contribution in [0.5, 0.6) is 0 Å². The van der Waals surface area contributed by atoms with Crippen LogP contribution in [0.4, 0.5) is 4.39 Å². The third-order valence-corrected chi connectivity index (χ3v) is 4.13. The molecule has 0 bridgehead atoms. The third kappa shape index (κ3) is 4.47. The zero-order valence-corrected chi connectivity index (χ0v) is 14.4. The summed E-state index contributed by atoms with van der Waals surface area (Å²) in [4.78, 5) is 10.3. The molecular weight excluding hydrogens is 358 g/mol. The molecule has 24 heavy (non-hydrogen) atoms. The van der Waals surface area contributed by atoms with Gasteiger partial charge in [0.25, 0.3) is 5.91 Å². The average molecular weight is 375 g/mol. The molecule has 2 rings (SSSR count). The third-order valence-electron chi connectivity index (χ3n) is 3.74.